The van der Waals surface area contributed by atoms with Gasteiger partial charge in [0.05, 0.1) is 0 Å². The quantitative estimate of drug-likeness (QED) is 0.587. The summed E-state index contributed by atoms with van der Waals surface area (Å²) in [4.78, 5) is 0. The van der Waals surface area contributed by atoms with Gasteiger partial charge in [-0.05, 0) is 36.3 Å². The lowest BCUT2D eigenvalue weighted by Gasteiger charge is -2.30. The first kappa shape index (κ1) is 16.4. The Bertz CT molecular complexity index is 161. The van der Waals surface area contributed by atoms with E-state index in [9.17, 15) is 0 Å². The minimum absolute atomic E-state index is 0.634. The van der Waals surface area contributed by atoms with Crippen LogP contribution in [0.2, 0.25) is 0 Å². The summed E-state index contributed by atoms with van der Waals surface area (Å²) < 4.78 is 0. The highest BCUT2D eigenvalue weighted by atomic mass is 31.1. The summed E-state index contributed by atoms with van der Waals surface area (Å²) in [6.07, 6.45) is 6.57. The van der Waals surface area contributed by atoms with E-state index in [0.29, 0.717) is 8.73 Å². The van der Waals surface area contributed by atoms with Gasteiger partial charge < -0.3 is 5.50 Å². The maximum absolute atomic E-state index is 5.71. The summed E-state index contributed by atoms with van der Waals surface area (Å²) in [7, 11) is 0.634. The van der Waals surface area contributed by atoms with E-state index < -0.39 is 0 Å². The lowest BCUT2D eigenvalue weighted by atomic mass is 9.76. The monoisotopic (exact) mass is 245 g/mol. The van der Waals surface area contributed by atoms with Gasteiger partial charge in [-0.3, -0.25) is 0 Å². The molecule has 0 saturated carbocycles. The van der Waals surface area contributed by atoms with Crippen LogP contribution < -0.4 is 5.50 Å². The molecule has 16 heavy (non-hydrogen) atoms. The molecule has 0 bridgehead atoms. The summed E-state index contributed by atoms with van der Waals surface area (Å²) in [6, 6.07) is 0. The highest BCUT2D eigenvalue weighted by molar-refractivity contribution is 7.35. The fourth-order valence-corrected chi connectivity index (χ4v) is 3.37. The molecule has 98 valence electrons. The fourth-order valence-electron chi connectivity index (χ4n) is 2.58. The summed E-state index contributed by atoms with van der Waals surface area (Å²) in [5.41, 5.74) is 5.71. The summed E-state index contributed by atoms with van der Waals surface area (Å²) in [5.74, 6) is 3.49. The normalized spacial score (nSPS) is 19.9. The van der Waals surface area contributed by atoms with Crippen LogP contribution in [0.3, 0.4) is 0 Å². The molecule has 1 nitrogen and oxygen atoms in total. The van der Waals surface area contributed by atoms with E-state index in [1.54, 1.807) is 0 Å². The topological polar surface area (TPSA) is 26.0 Å². The Hall–Kier alpha value is 0.390. The van der Waals surface area contributed by atoms with Gasteiger partial charge in [0.2, 0.25) is 0 Å². The lowest BCUT2D eigenvalue weighted by molar-refractivity contribution is 0.212. The van der Waals surface area contributed by atoms with Crippen LogP contribution in [0.5, 0.6) is 0 Å². The molecule has 2 N–H and O–H groups in total. The third-order valence-electron chi connectivity index (χ3n) is 4.43. The minimum atomic E-state index is 0.634. The number of rotatable bonds is 9. The highest BCUT2D eigenvalue weighted by Gasteiger charge is 2.22. The van der Waals surface area contributed by atoms with Gasteiger partial charge in [0.25, 0.3) is 0 Å². The van der Waals surface area contributed by atoms with Crippen molar-refractivity contribution in [2.75, 3.05) is 6.16 Å². The molecule has 5 atom stereocenters. The van der Waals surface area contributed by atoms with Crippen molar-refractivity contribution in [1.29, 1.82) is 0 Å². The molecule has 0 radical (unpaired) electrons. The molecule has 2 heteroatoms. The van der Waals surface area contributed by atoms with Crippen molar-refractivity contribution < 1.29 is 0 Å². The SMILES string of the molecule is CCC(C)C(C)C(CC)C[C@H](CC)CPN. The van der Waals surface area contributed by atoms with Crippen molar-refractivity contribution in [3.8, 4) is 0 Å². The first-order chi connectivity index (χ1) is 7.60. The average molecular weight is 245 g/mol. The van der Waals surface area contributed by atoms with Gasteiger partial charge in [-0.15, -0.1) is 0 Å². The van der Waals surface area contributed by atoms with Crippen LogP contribution >= 0.6 is 8.73 Å². The molecule has 0 spiro atoms. The summed E-state index contributed by atoms with van der Waals surface area (Å²) in [6.45, 7) is 11.8. The van der Waals surface area contributed by atoms with E-state index in [1.165, 1.54) is 31.8 Å². The van der Waals surface area contributed by atoms with Crippen LogP contribution in [-0.2, 0) is 0 Å². The molecular weight excluding hydrogens is 213 g/mol. The van der Waals surface area contributed by atoms with Crippen molar-refractivity contribution in [2.24, 2.45) is 29.2 Å². The third-order valence-corrected chi connectivity index (χ3v) is 5.24. The molecule has 0 saturated heterocycles. The Labute approximate surface area is 105 Å². The molecule has 0 aromatic rings. The van der Waals surface area contributed by atoms with Crippen molar-refractivity contribution in [2.45, 2.75) is 60.3 Å². The van der Waals surface area contributed by atoms with Crippen LogP contribution in [0.1, 0.15) is 60.3 Å². The van der Waals surface area contributed by atoms with E-state index >= 15 is 0 Å². The molecule has 4 unspecified atom stereocenters. The first-order valence-electron chi connectivity index (χ1n) is 7.03. The van der Waals surface area contributed by atoms with Crippen molar-refractivity contribution in [1.82, 2.24) is 0 Å². The van der Waals surface area contributed by atoms with Crippen molar-refractivity contribution in [3.05, 3.63) is 0 Å². The molecule has 0 aliphatic carbocycles. The predicted octanol–water partition coefficient (Wildman–Crippen LogP) is 4.66. The van der Waals surface area contributed by atoms with Crippen LogP contribution in [0.4, 0.5) is 0 Å². The molecule has 0 aromatic carbocycles. The Balaban J connectivity index is 4.25. The fraction of sp³-hybridized carbons (Fsp3) is 1.00. The Morgan fingerprint density at radius 3 is 2.00 bits per heavy atom. The standard InChI is InChI=1S/C14H32NP/c1-6-11(4)12(5)14(8-3)9-13(7-2)10-16-15/h11-14,16H,6-10,15H2,1-5H3/t11?,12?,13-,14?/m0/s1. The van der Waals surface area contributed by atoms with E-state index in [1.807, 2.05) is 0 Å². The molecule has 0 fully saturated rings. The zero-order valence-corrected chi connectivity index (χ0v) is 12.9. The molecule has 0 aromatic heterocycles. The number of hydrogen-bond acceptors (Lipinski definition) is 1. The largest absolute Gasteiger partial charge is 0.312 e. The molecular formula is C14H32NP. The van der Waals surface area contributed by atoms with Crippen LogP contribution in [0, 0.1) is 23.7 Å². The molecule has 0 aliphatic rings. The lowest BCUT2D eigenvalue weighted by Crippen LogP contribution is -2.21. The Morgan fingerprint density at radius 2 is 1.62 bits per heavy atom. The van der Waals surface area contributed by atoms with E-state index in [2.05, 4.69) is 34.6 Å². The molecule has 0 amide bonds. The summed E-state index contributed by atoms with van der Waals surface area (Å²) in [5, 5.41) is 0. The number of hydrogen-bond donors (Lipinski definition) is 1. The average Bonchev–Trinajstić information content (AvgIpc) is 2.32. The smallest absolute Gasteiger partial charge is 0.0196 e. The van der Waals surface area contributed by atoms with Gasteiger partial charge in [-0.1, -0.05) is 62.6 Å². The van der Waals surface area contributed by atoms with Crippen molar-refractivity contribution in [3.63, 3.8) is 0 Å². The van der Waals surface area contributed by atoms with Crippen LogP contribution in [0.15, 0.2) is 0 Å². The minimum Gasteiger partial charge on any atom is -0.312 e. The predicted molar refractivity (Wildman–Crippen MR) is 78.2 cm³/mol. The van der Waals surface area contributed by atoms with Crippen LogP contribution in [-0.4, -0.2) is 6.16 Å². The van der Waals surface area contributed by atoms with Gasteiger partial charge in [0, 0.05) is 0 Å². The maximum Gasteiger partial charge on any atom is -0.0196 e. The van der Waals surface area contributed by atoms with E-state index in [-0.39, 0.29) is 0 Å². The van der Waals surface area contributed by atoms with Crippen LogP contribution in [0.25, 0.3) is 0 Å². The van der Waals surface area contributed by atoms with E-state index in [4.69, 9.17) is 5.50 Å². The second kappa shape index (κ2) is 9.42. The van der Waals surface area contributed by atoms with Gasteiger partial charge in [-0.25, -0.2) is 0 Å². The van der Waals surface area contributed by atoms with Gasteiger partial charge >= 0.3 is 0 Å². The third kappa shape index (κ3) is 5.64. The second-order valence-electron chi connectivity index (χ2n) is 5.33. The molecule has 0 rings (SSSR count). The van der Waals surface area contributed by atoms with Gasteiger partial charge in [0.15, 0.2) is 0 Å². The molecule has 0 heterocycles. The summed E-state index contributed by atoms with van der Waals surface area (Å²) >= 11 is 0. The second-order valence-corrected chi connectivity index (χ2v) is 6.15. The first-order valence-corrected chi connectivity index (χ1v) is 8.32. The molecule has 0 aliphatic heterocycles. The Morgan fingerprint density at radius 1 is 1.00 bits per heavy atom. The zero-order chi connectivity index (χ0) is 12.6. The van der Waals surface area contributed by atoms with Gasteiger partial charge in [-0.2, -0.15) is 0 Å². The maximum atomic E-state index is 5.71. The Kier molecular flexibility index (Phi) is 9.65. The van der Waals surface area contributed by atoms with E-state index in [0.717, 1.165) is 23.7 Å². The number of nitrogens with two attached hydrogens (primary N) is 1. The van der Waals surface area contributed by atoms with Gasteiger partial charge in [0.1, 0.15) is 0 Å². The highest BCUT2D eigenvalue weighted by Crippen LogP contribution is 2.32. The zero-order valence-electron chi connectivity index (χ0n) is 11.9. The van der Waals surface area contributed by atoms with Crippen molar-refractivity contribution >= 4 is 8.73 Å².